The first-order valence-electron chi connectivity index (χ1n) is 6.94. The highest BCUT2D eigenvalue weighted by atomic mass is 32.2. The van der Waals surface area contributed by atoms with E-state index in [0.717, 1.165) is 37.0 Å². The number of hydrogen-bond acceptors (Lipinski definition) is 6. The fourth-order valence-electron chi connectivity index (χ4n) is 2.26. The van der Waals surface area contributed by atoms with Gasteiger partial charge < -0.3 is 4.74 Å². The van der Waals surface area contributed by atoms with E-state index in [2.05, 4.69) is 26.3 Å². The van der Waals surface area contributed by atoms with Gasteiger partial charge in [0.05, 0.1) is 7.11 Å². The van der Waals surface area contributed by atoms with Crippen LogP contribution in [0.25, 0.3) is 16.2 Å². The van der Waals surface area contributed by atoms with Gasteiger partial charge in [-0.15, -0.1) is 22.7 Å². The Hall–Kier alpha value is -1.83. The molecule has 0 aliphatic carbocycles. The number of benzene rings is 1. The van der Waals surface area contributed by atoms with Crippen molar-refractivity contribution in [2.45, 2.75) is 16.3 Å². The summed E-state index contributed by atoms with van der Waals surface area (Å²) in [5, 5.41) is 5.22. The molecule has 4 rings (SSSR count). The summed E-state index contributed by atoms with van der Waals surface area (Å²) in [5.74, 6) is 0.847. The molecule has 23 heavy (non-hydrogen) atoms. The zero-order valence-corrected chi connectivity index (χ0v) is 15.0. The van der Waals surface area contributed by atoms with Crippen LogP contribution in [0.5, 0.6) is 5.75 Å². The summed E-state index contributed by atoms with van der Waals surface area (Å²) < 4.78 is 8.40. The van der Waals surface area contributed by atoms with Crippen LogP contribution >= 0.6 is 34.4 Å². The van der Waals surface area contributed by atoms with Crippen LogP contribution in [0.1, 0.15) is 5.69 Å². The Balaban J connectivity index is 1.81. The van der Waals surface area contributed by atoms with Crippen molar-refractivity contribution in [3.63, 3.8) is 0 Å². The minimum Gasteiger partial charge on any atom is -0.497 e. The van der Waals surface area contributed by atoms with Crippen LogP contribution in [0.3, 0.4) is 0 Å². The first-order chi connectivity index (χ1) is 11.2. The van der Waals surface area contributed by atoms with Crippen LogP contribution in [0.15, 0.2) is 50.6 Å². The van der Waals surface area contributed by atoms with Gasteiger partial charge in [-0.1, -0.05) is 0 Å². The maximum Gasteiger partial charge on any atom is 0.195 e. The standard InChI is InChI=1S/C16H13N3OS3/c1-10-9-22-16(17-10)23-14-13(18-15-19(14)7-8-21-15)11-3-5-12(20-2)6-4-11/h3-9H,1-2H3. The van der Waals surface area contributed by atoms with Crippen molar-refractivity contribution in [3.05, 3.63) is 46.9 Å². The Labute approximate surface area is 145 Å². The highest BCUT2D eigenvalue weighted by Crippen LogP contribution is 2.39. The second-order valence-corrected chi connectivity index (χ2v) is 7.87. The van der Waals surface area contributed by atoms with Gasteiger partial charge in [0.15, 0.2) is 9.30 Å². The molecule has 0 saturated heterocycles. The van der Waals surface area contributed by atoms with Gasteiger partial charge in [-0.05, 0) is 43.0 Å². The molecular formula is C16H13N3OS3. The van der Waals surface area contributed by atoms with Gasteiger partial charge in [-0.3, -0.25) is 4.40 Å². The molecule has 0 spiro atoms. The molecule has 0 atom stereocenters. The van der Waals surface area contributed by atoms with Gasteiger partial charge in [0, 0.05) is 28.2 Å². The van der Waals surface area contributed by atoms with Gasteiger partial charge >= 0.3 is 0 Å². The SMILES string of the molecule is COc1ccc(-c2nc3sccn3c2Sc2nc(C)cs2)cc1. The number of rotatable bonds is 4. The van der Waals surface area contributed by atoms with E-state index in [1.807, 2.05) is 31.2 Å². The van der Waals surface area contributed by atoms with E-state index in [1.54, 1.807) is 41.5 Å². The minimum absolute atomic E-state index is 0.847. The first kappa shape index (κ1) is 14.7. The van der Waals surface area contributed by atoms with Crippen molar-refractivity contribution in [2.24, 2.45) is 0 Å². The van der Waals surface area contributed by atoms with Gasteiger partial charge in [0.25, 0.3) is 0 Å². The second kappa shape index (κ2) is 5.99. The number of hydrogen-bond donors (Lipinski definition) is 0. The lowest BCUT2D eigenvalue weighted by Gasteiger charge is -2.04. The van der Waals surface area contributed by atoms with Crippen molar-refractivity contribution in [1.82, 2.24) is 14.4 Å². The zero-order valence-electron chi connectivity index (χ0n) is 12.5. The number of ether oxygens (including phenoxy) is 1. The van der Waals surface area contributed by atoms with E-state index in [1.165, 1.54) is 0 Å². The Kier molecular flexibility index (Phi) is 3.84. The van der Waals surface area contributed by atoms with Gasteiger partial charge in [0.1, 0.15) is 16.5 Å². The van der Waals surface area contributed by atoms with Crippen LogP contribution in [-0.4, -0.2) is 21.5 Å². The van der Waals surface area contributed by atoms with Crippen LogP contribution < -0.4 is 4.74 Å². The fraction of sp³-hybridized carbons (Fsp3) is 0.125. The van der Waals surface area contributed by atoms with Gasteiger partial charge in [-0.2, -0.15) is 0 Å². The van der Waals surface area contributed by atoms with Crippen molar-refractivity contribution in [1.29, 1.82) is 0 Å². The average molecular weight is 360 g/mol. The second-order valence-electron chi connectivity index (χ2n) is 4.91. The number of nitrogens with zero attached hydrogens (tertiary/aromatic N) is 3. The molecule has 0 fully saturated rings. The molecule has 0 unspecified atom stereocenters. The molecule has 3 aromatic heterocycles. The molecule has 1 aromatic carbocycles. The summed E-state index contributed by atoms with van der Waals surface area (Å²) >= 11 is 4.96. The molecule has 0 aliphatic heterocycles. The molecule has 116 valence electrons. The number of fused-ring (bicyclic) bond motifs is 1. The lowest BCUT2D eigenvalue weighted by Crippen LogP contribution is -1.86. The van der Waals surface area contributed by atoms with E-state index in [9.17, 15) is 0 Å². The normalized spacial score (nSPS) is 11.2. The van der Waals surface area contributed by atoms with Crippen LogP contribution in [-0.2, 0) is 0 Å². The third-order valence-corrected chi connectivity index (χ3v) is 6.26. The van der Waals surface area contributed by atoms with Crippen LogP contribution in [0, 0.1) is 6.92 Å². The summed E-state index contributed by atoms with van der Waals surface area (Å²) in [6.45, 7) is 2.02. The van der Waals surface area contributed by atoms with Gasteiger partial charge in [-0.25, -0.2) is 9.97 Å². The molecular weight excluding hydrogens is 346 g/mol. The predicted octanol–water partition coefficient (Wildman–Crippen LogP) is 4.99. The zero-order chi connectivity index (χ0) is 15.8. The highest BCUT2D eigenvalue weighted by molar-refractivity contribution is 8.01. The molecule has 4 nitrogen and oxygen atoms in total. The summed E-state index contributed by atoms with van der Waals surface area (Å²) in [7, 11) is 1.67. The number of aryl methyl sites for hydroxylation is 1. The largest absolute Gasteiger partial charge is 0.497 e. The minimum atomic E-state index is 0.847. The van der Waals surface area contributed by atoms with Gasteiger partial charge in [0.2, 0.25) is 0 Å². The molecule has 3 heterocycles. The summed E-state index contributed by atoms with van der Waals surface area (Å²) in [6, 6.07) is 8.01. The fourth-order valence-corrected chi connectivity index (χ4v) is 4.99. The Morgan fingerprint density at radius 2 is 1.96 bits per heavy atom. The Morgan fingerprint density at radius 3 is 2.65 bits per heavy atom. The molecule has 0 radical (unpaired) electrons. The van der Waals surface area contributed by atoms with Crippen LogP contribution in [0.4, 0.5) is 0 Å². The Morgan fingerprint density at radius 1 is 1.13 bits per heavy atom. The topological polar surface area (TPSA) is 39.4 Å². The Bertz CT molecular complexity index is 953. The number of imidazole rings is 1. The molecule has 4 aromatic rings. The number of methoxy groups -OCH3 is 1. The molecule has 0 aliphatic rings. The third-order valence-electron chi connectivity index (χ3n) is 3.36. The number of thiazole rings is 2. The lowest BCUT2D eigenvalue weighted by atomic mass is 10.1. The van der Waals surface area contributed by atoms with Crippen molar-refractivity contribution < 1.29 is 4.74 Å². The van der Waals surface area contributed by atoms with Crippen molar-refractivity contribution in [2.75, 3.05) is 7.11 Å². The molecule has 0 N–H and O–H groups in total. The number of aromatic nitrogens is 3. The van der Waals surface area contributed by atoms with E-state index < -0.39 is 0 Å². The molecule has 0 saturated carbocycles. The van der Waals surface area contributed by atoms with Crippen molar-refractivity contribution in [3.8, 4) is 17.0 Å². The third kappa shape index (κ3) is 2.75. The lowest BCUT2D eigenvalue weighted by molar-refractivity contribution is 0.415. The van der Waals surface area contributed by atoms with E-state index >= 15 is 0 Å². The summed E-state index contributed by atoms with van der Waals surface area (Å²) in [5.41, 5.74) is 3.12. The molecule has 7 heteroatoms. The average Bonchev–Trinajstić information content (AvgIpc) is 3.26. The highest BCUT2D eigenvalue weighted by Gasteiger charge is 2.17. The first-order valence-corrected chi connectivity index (χ1v) is 9.52. The molecule has 0 amide bonds. The molecule has 0 bridgehead atoms. The monoisotopic (exact) mass is 359 g/mol. The quantitative estimate of drug-likeness (QED) is 0.515. The van der Waals surface area contributed by atoms with E-state index in [4.69, 9.17) is 9.72 Å². The van der Waals surface area contributed by atoms with E-state index in [-0.39, 0.29) is 0 Å². The predicted molar refractivity (Wildman–Crippen MR) is 96.0 cm³/mol. The smallest absolute Gasteiger partial charge is 0.195 e. The maximum atomic E-state index is 5.24. The van der Waals surface area contributed by atoms with E-state index in [0.29, 0.717) is 0 Å². The van der Waals surface area contributed by atoms with Crippen molar-refractivity contribution >= 4 is 39.4 Å². The maximum absolute atomic E-state index is 5.24. The van der Waals surface area contributed by atoms with Crippen LogP contribution in [0.2, 0.25) is 0 Å². The summed E-state index contributed by atoms with van der Waals surface area (Å²) in [4.78, 5) is 10.4. The summed E-state index contributed by atoms with van der Waals surface area (Å²) in [6.07, 6.45) is 2.06.